The van der Waals surface area contributed by atoms with Gasteiger partial charge in [0, 0.05) is 6.07 Å². The molecule has 6 nitrogen and oxygen atoms in total. The molecule has 0 unspecified atom stereocenters. The first kappa shape index (κ1) is 9.33. The number of rotatable bonds is 2. The molecule has 0 atom stereocenters. The molecule has 0 aliphatic rings. The van der Waals surface area contributed by atoms with Crippen LogP contribution in [0.3, 0.4) is 0 Å². The maximum atomic E-state index is 10.3. The predicted molar refractivity (Wildman–Crippen MR) is 44.1 cm³/mol. The van der Waals surface area contributed by atoms with Crippen LogP contribution in [-0.4, -0.2) is 13.3 Å². The van der Waals surface area contributed by atoms with E-state index in [0.29, 0.717) is 0 Å². The predicted octanol–water partition coefficient (Wildman–Crippen LogP) is 1.29. The second-order valence-electron chi connectivity index (χ2n) is 2.05. The summed E-state index contributed by atoms with van der Waals surface area (Å²) in [6.07, 6.45) is 0. The Morgan fingerprint density at radius 2 is 1.92 bits per heavy atom. The Kier molecular flexibility index (Phi) is 2.70. The molecule has 0 aliphatic carbocycles. The molecule has 0 bridgehead atoms. The lowest BCUT2D eigenvalue weighted by Gasteiger charge is -1.91. The summed E-state index contributed by atoms with van der Waals surface area (Å²) in [5.74, 6) is 0. The number of hydrogen-bond donors (Lipinski definition) is 0. The number of nitrogens with zero attached hydrogens (tertiary/aromatic N) is 2. The van der Waals surface area contributed by atoms with Gasteiger partial charge in [-0.2, -0.15) is 8.42 Å². The Morgan fingerprint density at radius 3 is 2.46 bits per heavy atom. The fourth-order valence-electron chi connectivity index (χ4n) is 0.776. The summed E-state index contributed by atoms with van der Waals surface area (Å²) in [5.41, 5.74) is -0.493. The summed E-state index contributed by atoms with van der Waals surface area (Å²) < 4.78 is 23.4. The standard InChI is InChI=1S/C6H4N2O4S/c9-8(10)6-4-2-1-3-5(6)7-13(11)12/h1-4H. The van der Waals surface area contributed by atoms with Gasteiger partial charge in [-0.05, 0) is 6.07 Å². The molecule has 1 aromatic carbocycles. The van der Waals surface area contributed by atoms with Crippen molar-refractivity contribution in [1.29, 1.82) is 0 Å². The molecule has 0 aromatic heterocycles. The fraction of sp³-hybridized carbons (Fsp3) is 0. The van der Waals surface area contributed by atoms with Crippen LogP contribution < -0.4 is 0 Å². The Labute approximate surface area is 74.7 Å². The maximum absolute atomic E-state index is 10.3. The average molecular weight is 200 g/mol. The van der Waals surface area contributed by atoms with Gasteiger partial charge < -0.3 is 0 Å². The molecule has 0 aliphatic heterocycles. The van der Waals surface area contributed by atoms with Crippen LogP contribution in [0, 0.1) is 10.1 Å². The van der Waals surface area contributed by atoms with E-state index < -0.39 is 15.4 Å². The molecule has 0 amide bonds. The van der Waals surface area contributed by atoms with Gasteiger partial charge >= 0.3 is 10.5 Å². The molecule has 0 radical (unpaired) electrons. The van der Waals surface area contributed by atoms with Gasteiger partial charge in [-0.3, -0.25) is 10.1 Å². The first-order valence-electron chi connectivity index (χ1n) is 3.16. The van der Waals surface area contributed by atoms with E-state index in [9.17, 15) is 18.5 Å². The second kappa shape index (κ2) is 3.76. The number of benzene rings is 1. The van der Waals surface area contributed by atoms with Crippen molar-refractivity contribution in [3.63, 3.8) is 0 Å². The molecular weight excluding hydrogens is 196 g/mol. The summed E-state index contributed by atoms with van der Waals surface area (Å²) in [6.45, 7) is 0. The minimum atomic E-state index is -2.67. The highest BCUT2D eigenvalue weighted by Crippen LogP contribution is 2.25. The number of nitro benzene ring substituents is 1. The molecule has 0 spiro atoms. The topological polar surface area (TPSA) is 89.6 Å². The average Bonchev–Trinajstić information content (AvgIpc) is 2.03. The number of nitro groups is 1. The van der Waals surface area contributed by atoms with E-state index in [0.717, 1.165) is 0 Å². The molecule has 0 saturated carbocycles. The van der Waals surface area contributed by atoms with Gasteiger partial charge in [-0.1, -0.05) is 12.1 Å². The maximum Gasteiger partial charge on any atom is 0.316 e. The molecule has 0 N–H and O–H groups in total. The van der Waals surface area contributed by atoms with Crippen LogP contribution in [0.15, 0.2) is 28.6 Å². The van der Waals surface area contributed by atoms with Crippen LogP contribution in [-0.2, 0) is 10.5 Å². The third kappa shape index (κ3) is 2.34. The molecule has 0 saturated heterocycles. The molecule has 68 valence electrons. The van der Waals surface area contributed by atoms with E-state index in [2.05, 4.69) is 4.36 Å². The van der Waals surface area contributed by atoms with E-state index in [1.165, 1.54) is 24.3 Å². The van der Waals surface area contributed by atoms with E-state index in [4.69, 9.17) is 0 Å². The minimum absolute atomic E-state index is 0.166. The van der Waals surface area contributed by atoms with Crippen molar-refractivity contribution >= 4 is 21.9 Å². The highest BCUT2D eigenvalue weighted by atomic mass is 32.2. The Bertz CT molecular complexity index is 457. The molecule has 13 heavy (non-hydrogen) atoms. The van der Waals surface area contributed by atoms with Crippen molar-refractivity contribution in [2.45, 2.75) is 0 Å². The first-order chi connectivity index (χ1) is 6.11. The van der Waals surface area contributed by atoms with Gasteiger partial charge in [0.25, 0.3) is 5.69 Å². The summed E-state index contributed by atoms with van der Waals surface area (Å²) >= 11 is 0. The molecule has 7 heteroatoms. The molecule has 1 aromatic rings. The van der Waals surface area contributed by atoms with Crippen LogP contribution in [0.25, 0.3) is 0 Å². The van der Waals surface area contributed by atoms with Crippen LogP contribution in [0.5, 0.6) is 0 Å². The fourth-order valence-corrected chi connectivity index (χ4v) is 1.09. The third-order valence-corrected chi connectivity index (χ3v) is 1.60. The van der Waals surface area contributed by atoms with Crippen LogP contribution in [0.2, 0.25) is 0 Å². The van der Waals surface area contributed by atoms with Crippen molar-refractivity contribution in [1.82, 2.24) is 0 Å². The zero-order chi connectivity index (χ0) is 9.84. The van der Waals surface area contributed by atoms with Crippen molar-refractivity contribution < 1.29 is 13.3 Å². The zero-order valence-electron chi connectivity index (χ0n) is 6.25. The van der Waals surface area contributed by atoms with E-state index >= 15 is 0 Å². The Morgan fingerprint density at radius 1 is 1.31 bits per heavy atom. The lowest BCUT2D eigenvalue weighted by Crippen LogP contribution is -1.87. The van der Waals surface area contributed by atoms with Gasteiger partial charge in [0.1, 0.15) is 0 Å². The Hall–Kier alpha value is -1.76. The molecule has 0 heterocycles. The second-order valence-corrected chi connectivity index (χ2v) is 2.67. The van der Waals surface area contributed by atoms with Gasteiger partial charge in [-0.15, -0.1) is 4.36 Å². The smallest absolute Gasteiger partial charge is 0.258 e. The van der Waals surface area contributed by atoms with Gasteiger partial charge in [0.05, 0.1) is 4.92 Å². The monoisotopic (exact) mass is 200 g/mol. The highest BCUT2D eigenvalue weighted by molar-refractivity contribution is 7.61. The van der Waals surface area contributed by atoms with Gasteiger partial charge in [-0.25, -0.2) is 0 Å². The molecule has 1 rings (SSSR count). The third-order valence-electron chi connectivity index (χ3n) is 1.25. The lowest BCUT2D eigenvalue weighted by molar-refractivity contribution is -0.384. The Balaban J connectivity index is 3.36. The number of para-hydroxylation sites is 1. The van der Waals surface area contributed by atoms with E-state index in [-0.39, 0.29) is 11.4 Å². The van der Waals surface area contributed by atoms with Crippen LogP contribution in [0.1, 0.15) is 0 Å². The molecule has 0 fully saturated rings. The lowest BCUT2D eigenvalue weighted by atomic mass is 10.3. The summed E-state index contributed by atoms with van der Waals surface area (Å²) in [4.78, 5) is 9.66. The minimum Gasteiger partial charge on any atom is -0.258 e. The quantitative estimate of drug-likeness (QED) is 0.531. The first-order valence-corrected chi connectivity index (χ1v) is 4.19. The van der Waals surface area contributed by atoms with E-state index in [1.807, 2.05) is 0 Å². The number of hydrogen-bond acceptors (Lipinski definition) is 5. The summed E-state index contributed by atoms with van der Waals surface area (Å²) in [6, 6.07) is 5.35. The van der Waals surface area contributed by atoms with Crippen LogP contribution >= 0.6 is 0 Å². The zero-order valence-corrected chi connectivity index (χ0v) is 7.06. The van der Waals surface area contributed by atoms with Gasteiger partial charge in [0.15, 0.2) is 5.69 Å². The van der Waals surface area contributed by atoms with Crippen molar-refractivity contribution in [3.05, 3.63) is 34.4 Å². The van der Waals surface area contributed by atoms with Crippen LogP contribution in [0.4, 0.5) is 11.4 Å². The van der Waals surface area contributed by atoms with Crippen molar-refractivity contribution in [2.24, 2.45) is 4.36 Å². The highest BCUT2D eigenvalue weighted by Gasteiger charge is 2.11. The normalized spacial score (nSPS) is 9.23. The van der Waals surface area contributed by atoms with E-state index in [1.54, 1.807) is 0 Å². The molecular formula is C6H4N2O4S. The largest absolute Gasteiger partial charge is 0.316 e. The summed E-state index contributed by atoms with van der Waals surface area (Å²) in [5, 5.41) is 10.3. The summed E-state index contributed by atoms with van der Waals surface area (Å²) in [7, 11) is -2.67. The van der Waals surface area contributed by atoms with Crippen molar-refractivity contribution in [3.8, 4) is 0 Å². The SMILES string of the molecule is O=[N+]([O-])c1ccccc1N=S(=O)=O. The van der Waals surface area contributed by atoms with Crippen molar-refractivity contribution in [2.75, 3.05) is 0 Å². The van der Waals surface area contributed by atoms with Gasteiger partial charge in [0.2, 0.25) is 0 Å².